The van der Waals surface area contributed by atoms with Crippen molar-refractivity contribution < 1.29 is 19.0 Å². The number of carboxylic acid groups (broad SMARTS) is 1. The molecule has 1 fully saturated rings. The van der Waals surface area contributed by atoms with E-state index in [1.807, 2.05) is 30.3 Å². The van der Waals surface area contributed by atoms with E-state index in [2.05, 4.69) is 0 Å². The van der Waals surface area contributed by atoms with Crippen molar-refractivity contribution in [1.82, 2.24) is 0 Å². The Bertz CT molecular complexity index is 703. The molecule has 0 heterocycles. The lowest BCUT2D eigenvalue weighted by molar-refractivity contribution is -0.137. The summed E-state index contributed by atoms with van der Waals surface area (Å²) >= 11 is 6.16. The van der Waals surface area contributed by atoms with Gasteiger partial charge in [0.15, 0.2) is 11.6 Å². The fraction of sp³-hybridized carbons (Fsp3) is 0.278. The fourth-order valence-electron chi connectivity index (χ4n) is 2.74. The maximum absolute atomic E-state index is 14.4. The minimum atomic E-state index is -0.886. The molecular formula is C18H16ClFO3. The molecule has 1 aliphatic rings. The van der Waals surface area contributed by atoms with Gasteiger partial charge in [-0.25, -0.2) is 4.39 Å². The van der Waals surface area contributed by atoms with Crippen LogP contribution in [0.5, 0.6) is 5.75 Å². The quantitative estimate of drug-likeness (QED) is 0.842. The predicted molar refractivity (Wildman–Crippen MR) is 85.3 cm³/mol. The molecule has 1 saturated carbocycles. The molecule has 0 spiro atoms. The second-order valence-electron chi connectivity index (χ2n) is 5.89. The van der Waals surface area contributed by atoms with E-state index >= 15 is 0 Å². The molecule has 0 atom stereocenters. The number of aliphatic carboxylic acids is 1. The number of rotatable bonds is 6. The third-order valence-corrected chi connectivity index (χ3v) is 4.46. The molecule has 3 rings (SSSR count). The van der Waals surface area contributed by atoms with Gasteiger partial charge in [-0.05, 0) is 36.1 Å². The second-order valence-corrected chi connectivity index (χ2v) is 6.30. The van der Waals surface area contributed by atoms with Crippen molar-refractivity contribution in [3.63, 3.8) is 0 Å². The van der Waals surface area contributed by atoms with Gasteiger partial charge in [0.2, 0.25) is 0 Å². The second kappa shape index (κ2) is 6.20. The summed E-state index contributed by atoms with van der Waals surface area (Å²) < 4.78 is 19.9. The van der Waals surface area contributed by atoms with Crippen LogP contribution in [-0.2, 0) is 16.8 Å². The molecule has 0 saturated heterocycles. The van der Waals surface area contributed by atoms with Crippen LogP contribution in [0.15, 0.2) is 42.5 Å². The highest BCUT2D eigenvalue weighted by atomic mass is 35.5. The van der Waals surface area contributed by atoms with Crippen molar-refractivity contribution in [2.45, 2.75) is 31.3 Å². The summed E-state index contributed by atoms with van der Waals surface area (Å²) in [5.41, 5.74) is 1.07. The van der Waals surface area contributed by atoms with E-state index < -0.39 is 17.2 Å². The van der Waals surface area contributed by atoms with E-state index in [0.717, 1.165) is 18.4 Å². The molecule has 1 aliphatic carbocycles. The lowest BCUT2D eigenvalue weighted by atomic mass is 9.92. The Morgan fingerprint density at radius 2 is 1.96 bits per heavy atom. The summed E-state index contributed by atoms with van der Waals surface area (Å²) in [5, 5.41) is 9.18. The van der Waals surface area contributed by atoms with Gasteiger partial charge in [0.25, 0.3) is 0 Å². The molecule has 120 valence electrons. The van der Waals surface area contributed by atoms with Crippen molar-refractivity contribution >= 4 is 17.6 Å². The Kier molecular flexibility index (Phi) is 4.26. The molecule has 0 aromatic heterocycles. The Labute approximate surface area is 138 Å². The largest absolute Gasteiger partial charge is 0.484 e. The van der Waals surface area contributed by atoms with E-state index in [1.165, 1.54) is 6.07 Å². The van der Waals surface area contributed by atoms with Crippen molar-refractivity contribution in [1.29, 1.82) is 0 Å². The van der Waals surface area contributed by atoms with Crippen molar-refractivity contribution in [2.75, 3.05) is 0 Å². The van der Waals surface area contributed by atoms with Gasteiger partial charge in [-0.1, -0.05) is 41.9 Å². The standard InChI is InChI=1S/C18H16ClFO3/c19-14-8-13(18(6-7-18)10-16(21)22)9-15(20)17(14)23-11-12-4-2-1-3-5-12/h1-5,8-9H,6-7,10-11H2,(H,21,22). The van der Waals surface area contributed by atoms with E-state index in [4.69, 9.17) is 21.4 Å². The first-order chi connectivity index (χ1) is 11.0. The smallest absolute Gasteiger partial charge is 0.304 e. The number of carboxylic acids is 1. The van der Waals surface area contributed by atoms with Crippen LogP contribution in [0.25, 0.3) is 0 Å². The summed E-state index contributed by atoms with van der Waals surface area (Å²) in [6.45, 7) is 0.219. The van der Waals surface area contributed by atoms with Crippen LogP contribution >= 0.6 is 11.6 Å². The van der Waals surface area contributed by atoms with Crippen molar-refractivity contribution in [2.24, 2.45) is 0 Å². The number of hydrogen-bond acceptors (Lipinski definition) is 2. The van der Waals surface area contributed by atoms with Crippen LogP contribution in [-0.4, -0.2) is 11.1 Å². The van der Waals surface area contributed by atoms with Crippen LogP contribution in [0.3, 0.4) is 0 Å². The van der Waals surface area contributed by atoms with Gasteiger partial charge in [0.1, 0.15) is 6.61 Å². The lowest BCUT2D eigenvalue weighted by Crippen LogP contribution is -2.13. The van der Waals surface area contributed by atoms with E-state index in [9.17, 15) is 9.18 Å². The number of carbonyl (C=O) groups is 1. The first-order valence-electron chi connectivity index (χ1n) is 7.38. The molecule has 5 heteroatoms. The van der Waals surface area contributed by atoms with Gasteiger partial charge in [0, 0.05) is 5.41 Å². The number of benzene rings is 2. The Hall–Kier alpha value is -2.07. The summed E-state index contributed by atoms with van der Waals surface area (Å²) in [5.74, 6) is -1.44. The zero-order valence-electron chi connectivity index (χ0n) is 12.4. The molecule has 1 N–H and O–H groups in total. The SMILES string of the molecule is O=C(O)CC1(c2cc(F)c(OCc3ccccc3)c(Cl)c2)CC1. The molecule has 0 aliphatic heterocycles. The summed E-state index contributed by atoms with van der Waals surface area (Å²) in [6.07, 6.45) is 1.46. The first-order valence-corrected chi connectivity index (χ1v) is 7.76. The minimum absolute atomic E-state index is 0.00500. The van der Waals surface area contributed by atoms with Crippen molar-refractivity contribution in [3.8, 4) is 5.75 Å². The molecule has 2 aromatic rings. The van der Waals surface area contributed by atoms with Gasteiger partial charge >= 0.3 is 5.97 Å². The molecule has 0 radical (unpaired) electrons. The summed E-state index contributed by atoms with van der Waals surface area (Å²) in [4.78, 5) is 11.0. The number of hydrogen-bond donors (Lipinski definition) is 1. The fourth-order valence-corrected chi connectivity index (χ4v) is 3.00. The van der Waals surface area contributed by atoms with Gasteiger partial charge in [-0.15, -0.1) is 0 Å². The van der Waals surface area contributed by atoms with E-state index in [0.29, 0.717) is 5.56 Å². The summed E-state index contributed by atoms with van der Waals surface area (Å²) in [6, 6.07) is 12.4. The number of halogens is 2. The van der Waals surface area contributed by atoms with Crippen LogP contribution in [0.2, 0.25) is 5.02 Å². The Morgan fingerprint density at radius 3 is 2.52 bits per heavy atom. The molecule has 23 heavy (non-hydrogen) atoms. The third-order valence-electron chi connectivity index (χ3n) is 4.18. The zero-order valence-corrected chi connectivity index (χ0v) is 13.1. The van der Waals surface area contributed by atoms with Gasteiger partial charge in [0.05, 0.1) is 11.4 Å². The normalized spacial score (nSPS) is 15.2. The van der Waals surface area contributed by atoms with Gasteiger partial charge in [-0.2, -0.15) is 0 Å². The lowest BCUT2D eigenvalue weighted by Gasteiger charge is -2.16. The highest BCUT2D eigenvalue weighted by Crippen LogP contribution is 2.52. The molecule has 2 aromatic carbocycles. The average molecular weight is 335 g/mol. The first kappa shape index (κ1) is 15.8. The van der Waals surface area contributed by atoms with Crippen molar-refractivity contribution in [3.05, 3.63) is 64.4 Å². The maximum atomic E-state index is 14.4. The number of ether oxygens (including phenoxy) is 1. The van der Waals surface area contributed by atoms with Gasteiger partial charge < -0.3 is 9.84 Å². The van der Waals surface area contributed by atoms with Crippen LogP contribution in [0.4, 0.5) is 4.39 Å². The highest BCUT2D eigenvalue weighted by Gasteiger charge is 2.46. The minimum Gasteiger partial charge on any atom is -0.484 e. The van der Waals surface area contributed by atoms with E-state index in [1.54, 1.807) is 6.07 Å². The molecular weight excluding hydrogens is 319 g/mol. The summed E-state index contributed by atoms with van der Waals surface area (Å²) in [7, 11) is 0. The Morgan fingerprint density at radius 1 is 1.26 bits per heavy atom. The highest BCUT2D eigenvalue weighted by molar-refractivity contribution is 6.32. The molecule has 3 nitrogen and oxygen atoms in total. The van der Waals surface area contributed by atoms with Gasteiger partial charge in [-0.3, -0.25) is 4.79 Å². The van der Waals surface area contributed by atoms with Crippen LogP contribution in [0, 0.1) is 5.82 Å². The topological polar surface area (TPSA) is 46.5 Å². The van der Waals surface area contributed by atoms with E-state index in [-0.39, 0.29) is 23.8 Å². The maximum Gasteiger partial charge on any atom is 0.304 e. The third kappa shape index (κ3) is 3.48. The zero-order chi connectivity index (χ0) is 16.4. The molecule has 0 bridgehead atoms. The Balaban J connectivity index is 1.80. The average Bonchev–Trinajstić information content (AvgIpc) is 3.27. The van der Waals surface area contributed by atoms with Crippen LogP contribution < -0.4 is 4.74 Å². The monoisotopic (exact) mass is 334 g/mol. The predicted octanol–water partition coefficient (Wildman–Crippen LogP) is 4.56. The van der Waals surface area contributed by atoms with Crippen LogP contribution in [0.1, 0.15) is 30.4 Å². The molecule has 0 amide bonds. The molecule has 0 unspecified atom stereocenters.